The molecule has 0 spiro atoms. The fourth-order valence-corrected chi connectivity index (χ4v) is 2.66. The van der Waals surface area contributed by atoms with E-state index in [4.69, 9.17) is 5.73 Å². The standard InChI is InChI=1S/C18H25N3/c1-14(2)7-6-10-16(15-8-4-3-5-9-15)13-17-11-12-20-18(19)21-17/h3-5,8-9,11-12,14,16H,6-7,10,13H2,1-2H3,(H2,19,20,21). The van der Waals surface area contributed by atoms with Crippen molar-refractivity contribution in [1.82, 2.24) is 9.97 Å². The maximum atomic E-state index is 5.69. The van der Waals surface area contributed by atoms with Gasteiger partial charge in [-0.15, -0.1) is 0 Å². The summed E-state index contributed by atoms with van der Waals surface area (Å²) < 4.78 is 0. The Labute approximate surface area is 127 Å². The van der Waals surface area contributed by atoms with Gasteiger partial charge in [0, 0.05) is 11.9 Å². The van der Waals surface area contributed by atoms with E-state index >= 15 is 0 Å². The molecule has 1 unspecified atom stereocenters. The van der Waals surface area contributed by atoms with Gasteiger partial charge in [0.05, 0.1) is 0 Å². The molecule has 1 atom stereocenters. The predicted molar refractivity (Wildman–Crippen MR) is 88.0 cm³/mol. The summed E-state index contributed by atoms with van der Waals surface area (Å²) in [6.45, 7) is 4.56. The largest absolute Gasteiger partial charge is 0.368 e. The van der Waals surface area contributed by atoms with Crippen LogP contribution < -0.4 is 5.73 Å². The van der Waals surface area contributed by atoms with E-state index in [1.165, 1.54) is 24.8 Å². The molecule has 1 aromatic heterocycles. The van der Waals surface area contributed by atoms with Crippen molar-refractivity contribution >= 4 is 5.95 Å². The van der Waals surface area contributed by atoms with E-state index in [0.717, 1.165) is 18.0 Å². The number of aromatic nitrogens is 2. The van der Waals surface area contributed by atoms with Crippen LogP contribution in [0, 0.1) is 5.92 Å². The lowest BCUT2D eigenvalue weighted by Gasteiger charge is -2.18. The molecule has 1 heterocycles. The normalized spacial score (nSPS) is 12.5. The first-order valence-electron chi connectivity index (χ1n) is 7.77. The molecule has 0 aliphatic carbocycles. The highest BCUT2D eigenvalue weighted by molar-refractivity contribution is 5.23. The third-order valence-corrected chi connectivity index (χ3v) is 3.79. The first-order chi connectivity index (χ1) is 10.1. The van der Waals surface area contributed by atoms with Gasteiger partial charge in [-0.1, -0.05) is 57.0 Å². The van der Waals surface area contributed by atoms with Crippen LogP contribution in [0.2, 0.25) is 0 Å². The van der Waals surface area contributed by atoms with Gasteiger partial charge in [0.25, 0.3) is 0 Å². The van der Waals surface area contributed by atoms with Crippen LogP contribution >= 0.6 is 0 Å². The van der Waals surface area contributed by atoms with E-state index in [1.54, 1.807) is 6.20 Å². The fourth-order valence-electron chi connectivity index (χ4n) is 2.66. The molecule has 0 saturated carbocycles. The zero-order chi connectivity index (χ0) is 15.1. The maximum Gasteiger partial charge on any atom is 0.220 e. The minimum absolute atomic E-state index is 0.362. The second-order valence-electron chi connectivity index (χ2n) is 6.04. The molecule has 0 bridgehead atoms. The molecular weight excluding hydrogens is 258 g/mol. The molecule has 0 saturated heterocycles. The molecule has 112 valence electrons. The average Bonchev–Trinajstić information content (AvgIpc) is 2.47. The Kier molecular flexibility index (Phi) is 5.73. The van der Waals surface area contributed by atoms with Gasteiger partial charge < -0.3 is 5.73 Å². The number of nitrogen functional groups attached to an aromatic ring is 1. The Morgan fingerprint density at radius 3 is 2.48 bits per heavy atom. The minimum atomic E-state index is 0.362. The smallest absolute Gasteiger partial charge is 0.220 e. The van der Waals surface area contributed by atoms with Crippen LogP contribution in [0.25, 0.3) is 0 Å². The van der Waals surface area contributed by atoms with Crippen LogP contribution in [0.3, 0.4) is 0 Å². The van der Waals surface area contributed by atoms with Crippen LogP contribution in [0.5, 0.6) is 0 Å². The van der Waals surface area contributed by atoms with Crippen LogP contribution in [-0.4, -0.2) is 9.97 Å². The van der Waals surface area contributed by atoms with E-state index in [1.807, 2.05) is 6.07 Å². The molecule has 2 aromatic rings. The predicted octanol–water partition coefficient (Wildman–Crippen LogP) is 4.21. The number of anilines is 1. The highest BCUT2D eigenvalue weighted by atomic mass is 15.0. The molecule has 0 aliphatic heterocycles. The van der Waals surface area contributed by atoms with Crippen LogP contribution in [-0.2, 0) is 6.42 Å². The first kappa shape index (κ1) is 15.5. The summed E-state index contributed by atoms with van der Waals surface area (Å²) in [5.74, 6) is 1.62. The highest BCUT2D eigenvalue weighted by Crippen LogP contribution is 2.26. The molecule has 0 radical (unpaired) electrons. The van der Waals surface area contributed by atoms with Gasteiger partial charge in [-0.05, 0) is 36.3 Å². The second kappa shape index (κ2) is 7.77. The summed E-state index contributed by atoms with van der Waals surface area (Å²) in [4.78, 5) is 8.32. The van der Waals surface area contributed by atoms with E-state index in [9.17, 15) is 0 Å². The van der Waals surface area contributed by atoms with Crippen molar-refractivity contribution < 1.29 is 0 Å². The molecule has 21 heavy (non-hydrogen) atoms. The number of hydrogen-bond acceptors (Lipinski definition) is 3. The summed E-state index contributed by atoms with van der Waals surface area (Å²) in [5.41, 5.74) is 8.11. The Hall–Kier alpha value is -1.90. The van der Waals surface area contributed by atoms with Crippen molar-refractivity contribution in [2.75, 3.05) is 5.73 Å². The monoisotopic (exact) mass is 283 g/mol. The number of rotatable bonds is 7. The number of nitrogens with zero attached hydrogens (tertiary/aromatic N) is 2. The van der Waals surface area contributed by atoms with Crippen LogP contribution in [0.15, 0.2) is 42.6 Å². The van der Waals surface area contributed by atoms with Gasteiger partial charge in [0.2, 0.25) is 5.95 Å². The third-order valence-electron chi connectivity index (χ3n) is 3.79. The molecule has 1 aromatic carbocycles. The SMILES string of the molecule is CC(C)CCCC(Cc1ccnc(N)n1)c1ccccc1. The van der Waals surface area contributed by atoms with Crippen molar-refractivity contribution in [3.8, 4) is 0 Å². The van der Waals surface area contributed by atoms with E-state index < -0.39 is 0 Å². The van der Waals surface area contributed by atoms with Crippen molar-refractivity contribution in [1.29, 1.82) is 0 Å². The van der Waals surface area contributed by atoms with E-state index in [-0.39, 0.29) is 0 Å². The molecule has 0 amide bonds. The van der Waals surface area contributed by atoms with Gasteiger partial charge in [0.15, 0.2) is 0 Å². The minimum Gasteiger partial charge on any atom is -0.368 e. The van der Waals surface area contributed by atoms with Gasteiger partial charge in [-0.3, -0.25) is 0 Å². The Morgan fingerprint density at radius 2 is 1.81 bits per heavy atom. The number of nitrogens with two attached hydrogens (primary N) is 1. The van der Waals surface area contributed by atoms with Gasteiger partial charge in [-0.2, -0.15) is 0 Å². The topological polar surface area (TPSA) is 51.8 Å². The average molecular weight is 283 g/mol. The lowest BCUT2D eigenvalue weighted by molar-refractivity contribution is 0.496. The van der Waals surface area contributed by atoms with E-state index in [0.29, 0.717) is 11.9 Å². The summed E-state index contributed by atoms with van der Waals surface area (Å²) >= 11 is 0. The molecule has 3 heteroatoms. The van der Waals surface area contributed by atoms with Gasteiger partial charge >= 0.3 is 0 Å². The van der Waals surface area contributed by atoms with Crippen molar-refractivity contribution in [2.24, 2.45) is 5.92 Å². The molecule has 0 aliphatic rings. The Morgan fingerprint density at radius 1 is 1.05 bits per heavy atom. The van der Waals surface area contributed by atoms with E-state index in [2.05, 4.69) is 54.1 Å². The van der Waals surface area contributed by atoms with Crippen molar-refractivity contribution in [3.63, 3.8) is 0 Å². The number of benzene rings is 1. The molecular formula is C18H25N3. The summed E-state index contributed by atoms with van der Waals surface area (Å²) in [6, 6.07) is 12.7. The summed E-state index contributed by atoms with van der Waals surface area (Å²) in [7, 11) is 0. The fraction of sp³-hybridized carbons (Fsp3) is 0.444. The summed E-state index contributed by atoms with van der Waals surface area (Å²) in [5, 5.41) is 0. The van der Waals surface area contributed by atoms with Crippen LogP contribution in [0.1, 0.15) is 50.3 Å². The maximum absolute atomic E-state index is 5.69. The second-order valence-corrected chi connectivity index (χ2v) is 6.04. The zero-order valence-corrected chi connectivity index (χ0v) is 13.0. The lowest BCUT2D eigenvalue weighted by atomic mass is 9.88. The molecule has 2 rings (SSSR count). The zero-order valence-electron chi connectivity index (χ0n) is 13.0. The Bertz CT molecular complexity index is 537. The quantitative estimate of drug-likeness (QED) is 0.828. The van der Waals surface area contributed by atoms with Crippen molar-refractivity contribution in [2.45, 2.75) is 45.4 Å². The molecule has 2 N–H and O–H groups in total. The first-order valence-corrected chi connectivity index (χ1v) is 7.77. The third kappa shape index (κ3) is 5.18. The van der Waals surface area contributed by atoms with Crippen LogP contribution in [0.4, 0.5) is 5.95 Å². The molecule has 3 nitrogen and oxygen atoms in total. The van der Waals surface area contributed by atoms with Crippen molar-refractivity contribution in [3.05, 3.63) is 53.9 Å². The van der Waals surface area contributed by atoms with Gasteiger partial charge in [0.1, 0.15) is 0 Å². The highest BCUT2D eigenvalue weighted by Gasteiger charge is 2.13. The lowest BCUT2D eigenvalue weighted by Crippen LogP contribution is -2.07. The summed E-state index contributed by atoms with van der Waals surface area (Å²) in [6.07, 6.45) is 6.38. The number of hydrogen-bond donors (Lipinski definition) is 1. The molecule has 0 fully saturated rings. The van der Waals surface area contributed by atoms with Gasteiger partial charge in [-0.25, -0.2) is 9.97 Å². The Balaban J connectivity index is 2.08.